The number of urea groups is 1. The Morgan fingerprint density at radius 1 is 1.10 bits per heavy atom. The first-order valence-corrected chi connectivity index (χ1v) is 6.40. The number of carbonyl (C=O) groups excluding carboxylic acids is 1. The highest BCUT2D eigenvalue weighted by atomic mass is 16.2. The number of aryl methyl sites for hydroxylation is 2. The number of amides is 2. The van der Waals surface area contributed by atoms with Gasteiger partial charge in [-0.1, -0.05) is 12.1 Å². The van der Waals surface area contributed by atoms with Gasteiger partial charge >= 0.3 is 6.03 Å². The summed E-state index contributed by atoms with van der Waals surface area (Å²) in [5.74, 6) is 0. The minimum atomic E-state index is -0.292. The first-order chi connectivity index (χ1) is 9.58. The van der Waals surface area contributed by atoms with Crippen molar-refractivity contribution >= 4 is 17.4 Å². The standard InChI is InChI=1S/C15H18N4O/c1-10-3-8-14(11(2)17-10)19-15(20)18-13-6-4-12(9-16)5-7-13/h3-8H,9,16H2,1-2H3,(H2,18,19,20). The van der Waals surface area contributed by atoms with Crippen LogP contribution < -0.4 is 16.4 Å². The quantitative estimate of drug-likeness (QED) is 0.802. The molecule has 0 aliphatic rings. The summed E-state index contributed by atoms with van der Waals surface area (Å²) in [6.45, 7) is 4.26. The molecule has 0 unspecified atom stereocenters. The lowest BCUT2D eigenvalue weighted by Gasteiger charge is -2.10. The Morgan fingerprint density at radius 2 is 1.80 bits per heavy atom. The molecule has 0 fully saturated rings. The number of aromatic nitrogens is 1. The molecule has 0 bridgehead atoms. The molecule has 2 amide bonds. The van der Waals surface area contributed by atoms with Crippen LogP contribution in [0, 0.1) is 13.8 Å². The Kier molecular flexibility index (Phi) is 4.32. The number of carbonyl (C=O) groups is 1. The van der Waals surface area contributed by atoms with Crippen LogP contribution >= 0.6 is 0 Å². The molecule has 5 heteroatoms. The molecule has 0 atom stereocenters. The predicted octanol–water partition coefficient (Wildman–Crippen LogP) is 2.80. The van der Waals surface area contributed by atoms with Gasteiger partial charge in [0, 0.05) is 17.9 Å². The summed E-state index contributed by atoms with van der Waals surface area (Å²) in [6.07, 6.45) is 0. The number of nitrogens with one attached hydrogen (secondary N) is 2. The number of nitrogens with two attached hydrogens (primary N) is 1. The highest BCUT2D eigenvalue weighted by Gasteiger charge is 2.05. The largest absolute Gasteiger partial charge is 0.326 e. The molecule has 1 heterocycles. The summed E-state index contributed by atoms with van der Waals surface area (Å²) in [6, 6.07) is 10.8. The number of hydrogen-bond acceptors (Lipinski definition) is 3. The van der Waals surface area contributed by atoms with Crippen LogP contribution in [0.4, 0.5) is 16.2 Å². The van der Waals surface area contributed by atoms with E-state index in [0.717, 1.165) is 22.6 Å². The molecule has 1 aromatic carbocycles. The normalized spacial score (nSPS) is 10.2. The minimum Gasteiger partial charge on any atom is -0.326 e. The average molecular weight is 270 g/mol. The first-order valence-electron chi connectivity index (χ1n) is 6.40. The van der Waals surface area contributed by atoms with Crippen LogP contribution in [-0.2, 0) is 6.54 Å². The van der Waals surface area contributed by atoms with Gasteiger partial charge in [-0.15, -0.1) is 0 Å². The molecule has 2 aromatic rings. The summed E-state index contributed by atoms with van der Waals surface area (Å²) in [4.78, 5) is 16.2. The van der Waals surface area contributed by atoms with E-state index in [4.69, 9.17) is 5.73 Å². The Balaban J connectivity index is 2.01. The van der Waals surface area contributed by atoms with Gasteiger partial charge in [-0.25, -0.2) is 4.79 Å². The maximum atomic E-state index is 11.9. The topological polar surface area (TPSA) is 80.0 Å². The maximum Gasteiger partial charge on any atom is 0.323 e. The fourth-order valence-corrected chi connectivity index (χ4v) is 1.83. The third kappa shape index (κ3) is 3.55. The lowest BCUT2D eigenvalue weighted by molar-refractivity contribution is 0.262. The Bertz CT molecular complexity index is 608. The van der Waals surface area contributed by atoms with Crippen molar-refractivity contribution in [2.24, 2.45) is 5.73 Å². The third-order valence-electron chi connectivity index (χ3n) is 2.92. The number of hydrogen-bond donors (Lipinski definition) is 3. The molecule has 0 spiro atoms. The van der Waals surface area contributed by atoms with Crippen LogP contribution in [0.15, 0.2) is 36.4 Å². The van der Waals surface area contributed by atoms with Gasteiger partial charge in [0.05, 0.1) is 11.4 Å². The van der Waals surface area contributed by atoms with Crippen LogP contribution in [0.1, 0.15) is 17.0 Å². The van der Waals surface area contributed by atoms with E-state index >= 15 is 0 Å². The predicted molar refractivity (Wildman–Crippen MR) is 80.7 cm³/mol. The van der Waals surface area contributed by atoms with Gasteiger partial charge in [-0.05, 0) is 43.7 Å². The third-order valence-corrected chi connectivity index (χ3v) is 2.92. The van der Waals surface area contributed by atoms with Crippen LogP contribution in [0.3, 0.4) is 0 Å². The van der Waals surface area contributed by atoms with Crippen molar-refractivity contribution in [2.45, 2.75) is 20.4 Å². The fraction of sp³-hybridized carbons (Fsp3) is 0.200. The lowest BCUT2D eigenvalue weighted by atomic mass is 10.2. The second-order valence-electron chi connectivity index (χ2n) is 4.57. The highest BCUT2D eigenvalue weighted by Crippen LogP contribution is 2.14. The van der Waals surface area contributed by atoms with Gasteiger partial charge in [-0.2, -0.15) is 0 Å². The minimum absolute atomic E-state index is 0.292. The Morgan fingerprint density at radius 3 is 2.40 bits per heavy atom. The second-order valence-corrected chi connectivity index (χ2v) is 4.57. The molecular formula is C15H18N4O. The van der Waals surface area contributed by atoms with Crippen molar-refractivity contribution in [3.63, 3.8) is 0 Å². The van der Waals surface area contributed by atoms with Gasteiger partial charge in [-0.3, -0.25) is 4.98 Å². The van der Waals surface area contributed by atoms with E-state index in [1.54, 1.807) is 0 Å². The molecule has 1 aromatic heterocycles. The number of nitrogens with zero attached hydrogens (tertiary/aromatic N) is 1. The van der Waals surface area contributed by atoms with Crippen LogP contribution in [0.2, 0.25) is 0 Å². The average Bonchev–Trinajstić information content (AvgIpc) is 2.43. The van der Waals surface area contributed by atoms with Crippen molar-refractivity contribution in [1.29, 1.82) is 0 Å². The van der Waals surface area contributed by atoms with Crippen molar-refractivity contribution in [2.75, 3.05) is 10.6 Å². The first kappa shape index (κ1) is 14.0. The zero-order chi connectivity index (χ0) is 14.5. The molecule has 0 aliphatic carbocycles. The van der Waals surface area contributed by atoms with E-state index in [9.17, 15) is 4.79 Å². The Labute approximate surface area is 118 Å². The van der Waals surface area contributed by atoms with Gasteiger partial charge in [0.25, 0.3) is 0 Å². The number of anilines is 2. The number of pyridine rings is 1. The highest BCUT2D eigenvalue weighted by molar-refractivity contribution is 6.00. The van der Waals surface area contributed by atoms with E-state index in [2.05, 4.69) is 15.6 Å². The molecule has 0 saturated carbocycles. The van der Waals surface area contributed by atoms with E-state index < -0.39 is 0 Å². The van der Waals surface area contributed by atoms with Crippen molar-refractivity contribution in [1.82, 2.24) is 4.98 Å². The molecule has 2 rings (SSSR count). The van der Waals surface area contributed by atoms with E-state index in [0.29, 0.717) is 12.2 Å². The van der Waals surface area contributed by atoms with Crippen molar-refractivity contribution in [3.8, 4) is 0 Å². The summed E-state index contributed by atoms with van der Waals surface area (Å²) < 4.78 is 0. The summed E-state index contributed by atoms with van der Waals surface area (Å²) in [5, 5.41) is 5.54. The molecule has 20 heavy (non-hydrogen) atoms. The Hall–Kier alpha value is -2.40. The summed E-state index contributed by atoms with van der Waals surface area (Å²) >= 11 is 0. The van der Waals surface area contributed by atoms with Gasteiger partial charge in [0.2, 0.25) is 0 Å². The van der Waals surface area contributed by atoms with Gasteiger partial charge in [0.15, 0.2) is 0 Å². The van der Waals surface area contributed by atoms with E-state index in [-0.39, 0.29) is 6.03 Å². The van der Waals surface area contributed by atoms with E-state index in [1.807, 2.05) is 50.2 Å². The lowest BCUT2D eigenvalue weighted by Crippen LogP contribution is -2.20. The summed E-state index contributed by atoms with van der Waals surface area (Å²) in [5.41, 5.74) is 9.68. The molecule has 0 aliphatic heterocycles. The van der Waals surface area contributed by atoms with E-state index in [1.165, 1.54) is 0 Å². The zero-order valence-corrected chi connectivity index (χ0v) is 11.6. The van der Waals surface area contributed by atoms with Crippen LogP contribution in [0.5, 0.6) is 0 Å². The molecule has 0 radical (unpaired) electrons. The van der Waals surface area contributed by atoms with Crippen molar-refractivity contribution < 1.29 is 4.79 Å². The van der Waals surface area contributed by atoms with Gasteiger partial charge in [0.1, 0.15) is 0 Å². The second kappa shape index (κ2) is 6.16. The molecule has 0 saturated heterocycles. The number of rotatable bonds is 3. The summed E-state index contributed by atoms with van der Waals surface area (Å²) in [7, 11) is 0. The molecule has 104 valence electrons. The van der Waals surface area contributed by atoms with Gasteiger partial charge < -0.3 is 16.4 Å². The monoisotopic (exact) mass is 270 g/mol. The van der Waals surface area contributed by atoms with Crippen LogP contribution in [-0.4, -0.2) is 11.0 Å². The van der Waals surface area contributed by atoms with Crippen LogP contribution in [0.25, 0.3) is 0 Å². The smallest absolute Gasteiger partial charge is 0.323 e. The fourth-order valence-electron chi connectivity index (χ4n) is 1.83. The molecule has 4 N–H and O–H groups in total. The zero-order valence-electron chi connectivity index (χ0n) is 11.6. The maximum absolute atomic E-state index is 11.9. The molecule has 5 nitrogen and oxygen atoms in total. The van der Waals surface area contributed by atoms with Crippen molar-refractivity contribution in [3.05, 3.63) is 53.3 Å². The number of benzene rings is 1. The SMILES string of the molecule is Cc1ccc(NC(=O)Nc2ccc(CN)cc2)c(C)n1. The molecular weight excluding hydrogens is 252 g/mol.